The molecule has 33 heavy (non-hydrogen) atoms. The molecule has 0 saturated carbocycles. The van der Waals surface area contributed by atoms with Crippen LogP contribution in [0.1, 0.15) is 0 Å². The first-order chi connectivity index (χ1) is 15.9. The van der Waals surface area contributed by atoms with E-state index in [1.54, 1.807) is 55.6 Å². The number of nitrogens with one attached hydrogen (secondary N) is 2. The summed E-state index contributed by atoms with van der Waals surface area (Å²) < 4.78 is 10.6. The van der Waals surface area contributed by atoms with Crippen LogP contribution in [-0.2, 0) is 9.59 Å². The lowest BCUT2D eigenvalue weighted by Gasteiger charge is -2.29. The summed E-state index contributed by atoms with van der Waals surface area (Å²) in [5, 5.41) is 5.94. The molecule has 0 radical (unpaired) electrons. The highest BCUT2D eigenvalue weighted by Crippen LogP contribution is 2.21. The van der Waals surface area contributed by atoms with Gasteiger partial charge in [-0.2, -0.15) is 0 Å². The Morgan fingerprint density at radius 3 is 2.30 bits per heavy atom. The Morgan fingerprint density at radius 1 is 1.03 bits per heavy atom. The predicted octanol–water partition coefficient (Wildman–Crippen LogP) is 1.50. The highest BCUT2D eigenvalue weighted by atomic mass is 35.5. The van der Waals surface area contributed by atoms with Crippen LogP contribution >= 0.6 is 11.6 Å². The van der Waals surface area contributed by atoms with Crippen molar-refractivity contribution in [2.45, 2.75) is 6.17 Å². The molecule has 3 rings (SSSR count). The van der Waals surface area contributed by atoms with Crippen LogP contribution in [-0.4, -0.2) is 73.7 Å². The Morgan fingerprint density at radius 2 is 1.67 bits per heavy atom. The van der Waals surface area contributed by atoms with Gasteiger partial charge in [0.15, 0.2) is 12.8 Å². The van der Waals surface area contributed by atoms with E-state index in [1.807, 2.05) is 0 Å². The van der Waals surface area contributed by atoms with E-state index in [9.17, 15) is 14.4 Å². The lowest BCUT2D eigenvalue weighted by molar-refractivity contribution is -0.142. The first-order valence-electron chi connectivity index (χ1n) is 10.3. The fourth-order valence-electron chi connectivity index (χ4n) is 3.30. The zero-order valence-electron chi connectivity index (χ0n) is 18.1. The number of carbonyl (C=O) groups is 3. The summed E-state index contributed by atoms with van der Waals surface area (Å²) in [6.45, 7) is 0.502. The zero-order chi connectivity index (χ0) is 23.8. The van der Waals surface area contributed by atoms with Crippen LogP contribution in [0.3, 0.4) is 0 Å². The normalized spacial score (nSPS) is 15.2. The van der Waals surface area contributed by atoms with Crippen molar-refractivity contribution in [2.75, 3.05) is 45.2 Å². The molecule has 1 fully saturated rings. The molecule has 4 N–H and O–H groups in total. The van der Waals surface area contributed by atoms with E-state index in [-0.39, 0.29) is 32.8 Å². The van der Waals surface area contributed by atoms with Crippen LogP contribution in [0.5, 0.6) is 11.5 Å². The summed E-state index contributed by atoms with van der Waals surface area (Å²) in [4.78, 5) is 41.2. The second kappa shape index (κ2) is 11.4. The SMILES string of the molecule is COc1ccc(NC(=O)N2CCN(C(=O)COc3ccc(Cl)cc3)C2C(=O)NCCN)cc1. The fourth-order valence-corrected chi connectivity index (χ4v) is 3.43. The summed E-state index contributed by atoms with van der Waals surface area (Å²) >= 11 is 5.86. The average molecular weight is 476 g/mol. The number of methoxy groups -OCH3 is 1. The summed E-state index contributed by atoms with van der Waals surface area (Å²) in [6, 6.07) is 12.8. The molecule has 1 atom stereocenters. The van der Waals surface area contributed by atoms with Gasteiger partial charge in [-0.1, -0.05) is 11.6 Å². The van der Waals surface area contributed by atoms with Gasteiger partial charge in [0.2, 0.25) is 0 Å². The molecule has 0 aliphatic carbocycles. The maximum Gasteiger partial charge on any atom is 0.323 e. The molecule has 4 amide bonds. The number of halogens is 1. The van der Waals surface area contributed by atoms with Gasteiger partial charge in [-0.3, -0.25) is 14.5 Å². The average Bonchev–Trinajstić information content (AvgIpc) is 3.28. The van der Waals surface area contributed by atoms with Crippen molar-refractivity contribution in [3.63, 3.8) is 0 Å². The molecular formula is C22H26ClN5O5. The highest BCUT2D eigenvalue weighted by molar-refractivity contribution is 6.30. The number of amides is 4. The summed E-state index contributed by atoms with van der Waals surface area (Å²) in [5.41, 5.74) is 6.01. The fraction of sp³-hybridized carbons (Fsp3) is 0.318. The summed E-state index contributed by atoms with van der Waals surface area (Å²) in [5.74, 6) is 0.177. The molecule has 1 saturated heterocycles. The van der Waals surface area contributed by atoms with Crippen molar-refractivity contribution in [3.8, 4) is 11.5 Å². The van der Waals surface area contributed by atoms with Crippen LogP contribution in [0.15, 0.2) is 48.5 Å². The topological polar surface area (TPSA) is 126 Å². The third-order valence-corrected chi connectivity index (χ3v) is 5.20. The number of rotatable bonds is 8. The van der Waals surface area contributed by atoms with Crippen LogP contribution in [0, 0.1) is 0 Å². The molecule has 11 heteroatoms. The molecule has 2 aromatic carbocycles. The van der Waals surface area contributed by atoms with Gasteiger partial charge in [0.1, 0.15) is 11.5 Å². The minimum Gasteiger partial charge on any atom is -0.497 e. The second-order valence-corrected chi connectivity index (χ2v) is 7.57. The Bertz CT molecular complexity index is 970. The molecule has 2 aromatic rings. The van der Waals surface area contributed by atoms with Crippen LogP contribution in [0.4, 0.5) is 10.5 Å². The molecule has 10 nitrogen and oxygen atoms in total. The molecule has 1 aliphatic heterocycles. The summed E-state index contributed by atoms with van der Waals surface area (Å²) in [7, 11) is 1.55. The Hall–Kier alpha value is -3.50. The second-order valence-electron chi connectivity index (χ2n) is 7.14. The van der Waals surface area contributed by atoms with Gasteiger partial charge >= 0.3 is 6.03 Å². The Labute approximate surface area is 196 Å². The quantitative estimate of drug-likeness (QED) is 0.531. The van der Waals surface area contributed by atoms with Crippen LogP contribution in [0.2, 0.25) is 5.02 Å². The smallest absolute Gasteiger partial charge is 0.323 e. The number of ether oxygens (including phenoxy) is 2. The number of nitrogens with zero attached hydrogens (tertiary/aromatic N) is 2. The molecule has 0 bridgehead atoms. The number of urea groups is 1. The molecule has 1 unspecified atom stereocenters. The van der Waals surface area contributed by atoms with E-state index in [0.29, 0.717) is 22.2 Å². The highest BCUT2D eigenvalue weighted by Gasteiger charge is 2.42. The van der Waals surface area contributed by atoms with E-state index in [2.05, 4.69) is 10.6 Å². The zero-order valence-corrected chi connectivity index (χ0v) is 18.9. The summed E-state index contributed by atoms with van der Waals surface area (Å²) in [6.07, 6.45) is -1.13. The molecule has 0 aromatic heterocycles. The maximum absolute atomic E-state index is 12.9. The maximum atomic E-state index is 12.9. The van der Waals surface area contributed by atoms with E-state index < -0.39 is 24.0 Å². The Kier molecular flexibility index (Phi) is 8.34. The van der Waals surface area contributed by atoms with Gasteiger partial charge < -0.3 is 30.7 Å². The van der Waals surface area contributed by atoms with Crippen LogP contribution in [0.25, 0.3) is 0 Å². The van der Waals surface area contributed by atoms with Crippen molar-refractivity contribution in [1.29, 1.82) is 0 Å². The van der Waals surface area contributed by atoms with Crippen molar-refractivity contribution in [3.05, 3.63) is 53.6 Å². The number of hydrogen-bond acceptors (Lipinski definition) is 6. The van der Waals surface area contributed by atoms with Gasteiger partial charge in [-0.15, -0.1) is 0 Å². The number of benzene rings is 2. The molecule has 0 spiro atoms. The van der Waals surface area contributed by atoms with E-state index in [4.69, 9.17) is 26.8 Å². The van der Waals surface area contributed by atoms with Gasteiger partial charge in [0.05, 0.1) is 7.11 Å². The van der Waals surface area contributed by atoms with E-state index in [0.717, 1.165) is 0 Å². The molecule has 176 valence electrons. The van der Waals surface area contributed by atoms with Crippen molar-refractivity contribution >= 4 is 35.1 Å². The lowest BCUT2D eigenvalue weighted by Crippen LogP contribution is -2.55. The standard InChI is InChI=1S/C22H26ClN5O5/c1-32-17-8-4-16(5-9-17)26-22(31)28-13-12-27(21(28)20(30)25-11-10-24)19(29)14-33-18-6-2-15(23)3-7-18/h2-9,21H,10-14,24H2,1H3,(H,25,30)(H,26,31). The van der Waals surface area contributed by atoms with Crippen molar-refractivity contribution < 1.29 is 23.9 Å². The largest absolute Gasteiger partial charge is 0.497 e. The number of hydrogen-bond donors (Lipinski definition) is 3. The van der Waals surface area contributed by atoms with Gasteiger partial charge in [0, 0.05) is 36.9 Å². The predicted molar refractivity (Wildman–Crippen MR) is 123 cm³/mol. The third kappa shape index (κ3) is 6.27. The minimum absolute atomic E-state index is 0.176. The number of anilines is 1. The van der Waals surface area contributed by atoms with Gasteiger partial charge in [0.25, 0.3) is 11.8 Å². The number of carbonyl (C=O) groups excluding carboxylic acids is 3. The van der Waals surface area contributed by atoms with Crippen molar-refractivity contribution in [2.24, 2.45) is 5.73 Å². The number of nitrogens with two attached hydrogens (primary N) is 1. The first kappa shape index (κ1) is 24.1. The van der Waals surface area contributed by atoms with Crippen LogP contribution < -0.4 is 25.8 Å². The molecular weight excluding hydrogens is 450 g/mol. The first-order valence-corrected chi connectivity index (χ1v) is 10.7. The van der Waals surface area contributed by atoms with E-state index >= 15 is 0 Å². The monoisotopic (exact) mass is 475 g/mol. The van der Waals surface area contributed by atoms with Gasteiger partial charge in [-0.05, 0) is 48.5 Å². The molecule has 1 heterocycles. The van der Waals surface area contributed by atoms with Crippen molar-refractivity contribution in [1.82, 2.24) is 15.1 Å². The van der Waals surface area contributed by atoms with Gasteiger partial charge in [-0.25, -0.2) is 4.79 Å². The third-order valence-electron chi connectivity index (χ3n) is 4.95. The lowest BCUT2D eigenvalue weighted by atomic mass is 10.3. The minimum atomic E-state index is -1.13. The molecule has 1 aliphatic rings. The Balaban J connectivity index is 1.70. The van der Waals surface area contributed by atoms with E-state index in [1.165, 1.54) is 9.80 Å².